The SMILES string of the molecule is CC(OC(=O)c1ccccc1SCC(=O)N(C)C1CCCCC1)C(=O)N(C)c1ccccc1. The minimum atomic E-state index is -0.945. The minimum Gasteiger partial charge on any atom is -0.449 e. The van der Waals surface area contributed by atoms with Gasteiger partial charge in [-0.1, -0.05) is 49.6 Å². The Hall–Kier alpha value is -2.80. The molecule has 1 aliphatic carbocycles. The average molecular weight is 469 g/mol. The molecule has 0 aliphatic heterocycles. The molecule has 1 atom stereocenters. The summed E-state index contributed by atoms with van der Waals surface area (Å²) in [5, 5.41) is 0. The van der Waals surface area contributed by atoms with Gasteiger partial charge in [-0.05, 0) is 44.0 Å². The van der Waals surface area contributed by atoms with Gasteiger partial charge >= 0.3 is 5.97 Å². The summed E-state index contributed by atoms with van der Waals surface area (Å²) in [6, 6.07) is 16.5. The topological polar surface area (TPSA) is 66.9 Å². The molecule has 1 unspecified atom stereocenters. The van der Waals surface area contributed by atoms with Crippen LogP contribution in [0.25, 0.3) is 0 Å². The second-order valence-corrected chi connectivity index (χ2v) is 9.38. The maximum Gasteiger partial charge on any atom is 0.340 e. The molecule has 0 N–H and O–H groups in total. The highest BCUT2D eigenvalue weighted by Crippen LogP contribution is 2.26. The van der Waals surface area contributed by atoms with Gasteiger partial charge in [0.15, 0.2) is 6.10 Å². The highest BCUT2D eigenvalue weighted by molar-refractivity contribution is 8.00. The van der Waals surface area contributed by atoms with E-state index in [0.29, 0.717) is 16.5 Å². The zero-order valence-electron chi connectivity index (χ0n) is 19.5. The van der Waals surface area contributed by atoms with Crippen LogP contribution in [-0.2, 0) is 14.3 Å². The molecule has 0 aromatic heterocycles. The molecule has 6 nitrogen and oxygen atoms in total. The van der Waals surface area contributed by atoms with Crippen molar-refractivity contribution in [1.82, 2.24) is 4.90 Å². The maximum atomic E-state index is 12.9. The molecular formula is C26H32N2O4S. The molecule has 2 aromatic carbocycles. The highest BCUT2D eigenvalue weighted by Gasteiger charge is 2.25. The number of rotatable bonds is 8. The first-order chi connectivity index (χ1) is 15.9. The monoisotopic (exact) mass is 468 g/mol. The van der Waals surface area contributed by atoms with Crippen molar-refractivity contribution in [3.05, 3.63) is 60.2 Å². The fraction of sp³-hybridized carbons (Fsp3) is 0.423. The number of hydrogen-bond donors (Lipinski definition) is 0. The number of amides is 2. The Morgan fingerprint density at radius 1 is 0.970 bits per heavy atom. The van der Waals surface area contributed by atoms with E-state index in [-0.39, 0.29) is 17.6 Å². The predicted molar refractivity (Wildman–Crippen MR) is 132 cm³/mol. The van der Waals surface area contributed by atoms with Crippen molar-refractivity contribution in [2.24, 2.45) is 0 Å². The molecule has 7 heteroatoms. The number of carbonyl (C=O) groups is 3. The number of thioether (sulfide) groups is 1. The Kier molecular flexibility index (Phi) is 8.95. The van der Waals surface area contributed by atoms with Crippen molar-refractivity contribution in [3.8, 4) is 0 Å². The first-order valence-electron chi connectivity index (χ1n) is 11.4. The minimum absolute atomic E-state index is 0.0584. The van der Waals surface area contributed by atoms with Crippen LogP contribution >= 0.6 is 11.8 Å². The third kappa shape index (κ3) is 6.60. The molecule has 0 radical (unpaired) electrons. The number of benzene rings is 2. The lowest BCUT2D eigenvalue weighted by Crippen LogP contribution is -2.39. The molecule has 3 rings (SSSR count). The van der Waals surface area contributed by atoms with Crippen molar-refractivity contribution < 1.29 is 19.1 Å². The zero-order valence-corrected chi connectivity index (χ0v) is 20.3. The first kappa shape index (κ1) is 24.8. The van der Waals surface area contributed by atoms with E-state index in [4.69, 9.17) is 4.74 Å². The number of para-hydroxylation sites is 1. The number of carbonyl (C=O) groups excluding carboxylic acids is 3. The van der Waals surface area contributed by atoms with Crippen LogP contribution < -0.4 is 4.90 Å². The molecule has 2 amide bonds. The largest absolute Gasteiger partial charge is 0.449 e. The van der Waals surface area contributed by atoms with E-state index in [1.165, 1.54) is 35.9 Å². The predicted octanol–water partition coefficient (Wildman–Crippen LogP) is 4.78. The molecule has 0 heterocycles. The van der Waals surface area contributed by atoms with E-state index in [2.05, 4.69) is 0 Å². The quantitative estimate of drug-likeness (QED) is 0.412. The van der Waals surface area contributed by atoms with Crippen LogP contribution in [0.3, 0.4) is 0 Å². The third-order valence-corrected chi connectivity index (χ3v) is 7.14. The van der Waals surface area contributed by atoms with E-state index in [1.807, 2.05) is 48.3 Å². The van der Waals surface area contributed by atoms with Gasteiger partial charge in [-0.25, -0.2) is 4.79 Å². The lowest BCUT2D eigenvalue weighted by atomic mass is 9.94. The number of hydrogen-bond acceptors (Lipinski definition) is 5. The van der Waals surface area contributed by atoms with Crippen LogP contribution in [0.15, 0.2) is 59.5 Å². The molecule has 1 fully saturated rings. The summed E-state index contributed by atoms with van der Waals surface area (Å²) in [4.78, 5) is 42.3. The molecule has 0 spiro atoms. The summed E-state index contributed by atoms with van der Waals surface area (Å²) < 4.78 is 5.49. The van der Waals surface area contributed by atoms with E-state index >= 15 is 0 Å². The number of nitrogens with zero attached hydrogens (tertiary/aromatic N) is 2. The summed E-state index contributed by atoms with van der Waals surface area (Å²) in [6.45, 7) is 1.57. The van der Waals surface area contributed by atoms with Gasteiger partial charge in [0.1, 0.15) is 0 Å². The van der Waals surface area contributed by atoms with Gasteiger partial charge in [0.2, 0.25) is 5.91 Å². The number of esters is 1. The number of anilines is 1. The Morgan fingerprint density at radius 3 is 2.30 bits per heavy atom. The Bertz CT molecular complexity index is 960. The number of ether oxygens (including phenoxy) is 1. The maximum absolute atomic E-state index is 12.9. The normalized spacial score (nSPS) is 14.9. The summed E-state index contributed by atoms with van der Waals surface area (Å²) in [5.41, 5.74) is 1.08. The van der Waals surface area contributed by atoms with E-state index < -0.39 is 12.1 Å². The lowest BCUT2D eigenvalue weighted by Gasteiger charge is -2.31. The van der Waals surface area contributed by atoms with E-state index in [0.717, 1.165) is 18.5 Å². The molecule has 1 saturated carbocycles. The van der Waals surface area contributed by atoms with E-state index in [9.17, 15) is 14.4 Å². The van der Waals surface area contributed by atoms with Crippen molar-refractivity contribution in [3.63, 3.8) is 0 Å². The molecular weight excluding hydrogens is 436 g/mol. The van der Waals surface area contributed by atoms with Gasteiger partial charge in [0, 0.05) is 30.7 Å². The second-order valence-electron chi connectivity index (χ2n) is 8.36. The standard InChI is InChI=1S/C26H32N2O4S/c1-19(25(30)28(3)21-14-8-5-9-15-21)32-26(31)22-16-10-11-17-23(22)33-18-24(29)27(2)20-12-6-4-7-13-20/h5,8-11,14-17,19-20H,4,6-7,12-13,18H2,1-3H3. The average Bonchev–Trinajstić information content (AvgIpc) is 2.87. The number of likely N-dealkylation sites (N-methyl/N-ethyl adjacent to an activating group) is 1. The van der Waals surface area contributed by atoms with Crippen LogP contribution in [0.4, 0.5) is 5.69 Å². The smallest absolute Gasteiger partial charge is 0.340 e. The summed E-state index contributed by atoms with van der Waals surface area (Å²) in [7, 11) is 3.52. The fourth-order valence-corrected chi connectivity index (χ4v) is 4.96. The summed E-state index contributed by atoms with van der Waals surface area (Å²) in [6.07, 6.45) is 4.74. The molecule has 1 aliphatic rings. The second kappa shape index (κ2) is 11.9. The Labute approximate surface area is 200 Å². The van der Waals surface area contributed by atoms with Gasteiger partial charge in [0.05, 0.1) is 11.3 Å². The fourth-order valence-electron chi connectivity index (χ4n) is 4.00. The lowest BCUT2D eigenvalue weighted by molar-refractivity contribution is -0.129. The highest BCUT2D eigenvalue weighted by atomic mass is 32.2. The molecule has 33 heavy (non-hydrogen) atoms. The van der Waals surface area contributed by atoms with Crippen molar-refractivity contribution in [1.29, 1.82) is 0 Å². The van der Waals surface area contributed by atoms with Gasteiger partial charge in [-0.15, -0.1) is 11.8 Å². The Morgan fingerprint density at radius 2 is 1.61 bits per heavy atom. The zero-order chi connectivity index (χ0) is 23.8. The Balaban J connectivity index is 1.60. The molecule has 176 valence electrons. The van der Waals surface area contributed by atoms with Gasteiger partial charge in [-0.2, -0.15) is 0 Å². The molecule has 0 saturated heterocycles. The molecule has 0 bridgehead atoms. The van der Waals surface area contributed by atoms with Crippen molar-refractivity contribution >= 4 is 35.2 Å². The van der Waals surface area contributed by atoms with Gasteiger partial charge < -0.3 is 14.5 Å². The first-order valence-corrected chi connectivity index (χ1v) is 12.4. The van der Waals surface area contributed by atoms with Crippen LogP contribution in [-0.4, -0.2) is 54.7 Å². The molecule has 2 aromatic rings. The van der Waals surface area contributed by atoms with Gasteiger partial charge in [-0.3, -0.25) is 9.59 Å². The van der Waals surface area contributed by atoms with Crippen LogP contribution in [0.5, 0.6) is 0 Å². The summed E-state index contributed by atoms with van der Waals surface area (Å²) in [5.74, 6) is -0.580. The van der Waals surface area contributed by atoms with Crippen LogP contribution in [0.1, 0.15) is 49.4 Å². The van der Waals surface area contributed by atoms with Crippen LogP contribution in [0.2, 0.25) is 0 Å². The van der Waals surface area contributed by atoms with E-state index in [1.54, 1.807) is 32.2 Å². The van der Waals surface area contributed by atoms with Crippen molar-refractivity contribution in [2.45, 2.75) is 56.1 Å². The van der Waals surface area contributed by atoms with Gasteiger partial charge in [0.25, 0.3) is 5.91 Å². The van der Waals surface area contributed by atoms with Crippen LogP contribution in [0, 0.1) is 0 Å². The summed E-state index contributed by atoms with van der Waals surface area (Å²) >= 11 is 1.33. The third-order valence-electron chi connectivity index (χ3n) is 6.08. The van der Waals surface area contributed by atoms with Crippen molar-refractivity contribution in [2.75, 3.05) is 24.7 Å².